The van der Waals surface area contributed by atoms with Crippen LogP contribution in [0, 0.1) is 0 Å². The number of carbonyl (C=O) groups is 3. The zero-order chi connectivity index (χ0) is 54.5. The molecule has 0 aliphatic carbocycles. The first-order valence-corrected chi connectivity index (χ1v) is 27.3. The van der Waals surface area contributed by atoms with Gasteiger partial charge in [-0.05, 0) is 110 Å². The summed E-state index contributed by atoms with van der Waals surface area (Å²) in [5, 5.41) is 3.08. The molecule has 3 amide bonds. The van der Waals surface area contributed by atoms with E-state index in [1.807, 2.05) is 79.3 Å². The fourth-order valence-electron chi connectivity index (χ4n) is 11.1. The highest BCUT2D eigenvalue weighted by molar-refractivity contribution is 6.13. The SMILES string of the molecule is CC=NCCCCNC(=O)CCCN(CCOCCOCCOC)c1cc(COc2cc3c(cc2OC)C(=O)N2c4ccccc4C[C@H]2CN3C)cc(COc2cc3c(cc2OC)C(=O)N2c4ccccc4C[C@H]2CN3C)c1. The second-order valence-corrected chi connectivity index (χ2v) is 20.2. The number of para-hydroxylation sites is 2. The highest BCUT2D eigenvalue weighted by atomic mass is 16.5. The molecule has 0 fully saturated rings. The molecule has 0 saturated carbocycles. The van der Waals surface area contributed by atoms with Crippen LogP contribution in [0.25, 0.3) is 0 Å². The first-order valence-electron chi connectivity index (χ1n) is 27.3. The molecule has 1 N–H and O–H groups in total. The van der Waals surface area contributed by atoms with Crippen LogP contribution in [0.15, 0.2) is 96.0 Å². The van der Waals surface area contributed by atoms with Gasteiger partial charge in [-0.25, -0.2) is 0 Å². The summed E-state index contributed by atoms with van der Waals surface area (Å²) in [6.07, 6.45) is 6.10. The summed E-state index contributed by atoms with van der Waals surface area (Å²) in [4.78, 5) is 56.5. The normalized spacial score (nSPS) is 16.2. The number of unbranched alkanes of at least 4 members (excludes halogenated alkanes) is 1. The van der Waals surface area contributed by atoms with Crippen molar-refractivity contribution in [2.75, 3.05) is 132 Å². The fourth-order valence-corrected chi connectivity index (χ4v) is 11.1. The Balaban J connectivity index is 0.991. The van der Waals surface area contributed by atoms with Crippen LogP contribution in [0.5, 0.6) is 23.0 Å². The first kappa shape index (κ1) is 55.4. The Morgan fingerprint density at radius 3 is 1.72 bits per heavy atom. The third kappa shape index (κ3) is 12.8. The molecule has 414 valence electrons. The van der Waals surface area contributed by atoms with E-state index in [1.54, 1.807) is 39.7 Å². The van der Waals surface area contributed by atoms with E-state index in [1.165, 1.54) is 11.1 Å². The first-order chi connectivity index (χ1) is 38.1. The van der Waals surface area contributed by atoms with Crippen molar-refractivity contribution in [3.8, 4) is 23.0 Å². The van der Waals surface area contributed by atoms with Crippen molar-refractivity contribution in [2.45, 2.75) is 70.7 Å². The highest BCUT2D eigenvalue weighted by Gasteiger charge is 2.41. The summed E-state index contributed by atoms with van der Waals surface area (Å²) in [6, 6.07) is 29.9. The van der Waals surface area contributed by atoms with Gasteiger partial charge < -0.3 is 63.0 Å². The predicted molar refractivity (Wildman–Crippen MR) is 305 cm³/mol. The van der Waals surface area contributed by atoms with Gasteiger partial charge in [-0.15, -0.1) is 0 Å². The van der Waals surface area contributed by atoms with Crippen molar-refractivity contribution in [1.29, 1.82) is 0 Å². The molecule has 4 heterocycles. The van der Waals surface area contributed by atoms with Gasteiger partial charge in [-0.3, -0.25) is 19.4 Å². The van der Waals surface area contributed by atoms with Gasteiger partial charge in [0.15, 0.2) is 23.0 Å². The van der Waals surface area contributed by atoms with Crippen LogP contribution in [0.3, 0.4) is 0 Å². The Kier molecular flexibility index (Phi) is 18.7. The van der Waals surface area contributed by atoms with Gasteiger partial charge in [0.05, 0.1) is 81.8 Å². The second kappa shape index (κ2) is 26.3. The van der Waals surface area contributed by atoms with Crippen molar-refractivity contribution in [3.05, 3.63) is 124 Å². The number of ether oxygens (including phenoxy) is 7. The topological polar surface area (TPSA) is 156 Å². The quantitative estimate of drug-likeness (QED) is 0.0398. The Bertz CT molecular complexity index is 2770. The summed E-state index contributed by atoms with van der Waals surface area (Å²) in [7, 11) is 8.85. The number of hydrogen-bond donors (Lipinski definition) is 1. The number of likely N-dealkylation sites (N-methyl/N-ethyl adjacent to an activating group) is 2. The van der Waals surface area contributed by atoms with E-state index in [-0.39, 0.29) is 43.0 Å². The van der Waals surface area contributed by atoms with Crippen molar-refractivity contribution in [3.63, 3.8) is 0 Å². The number of nitrogens with one attached hydrogen (secondary N) is 1. The molecule has 4 aliphatic rings. The van der Waals surface area contributed by atoms with E-state index in [9.17, 15) is 14.4 Å². The van der Waals surface area contributed by atoms with Crippen LogP contribution in [0.1, 0.15) is 75.6 Å². The molecule has 0 saturated heterocycles. The molecule has 0 bridgehead atoms. The van der Waals surface area contributed by atoms with Crippen LogP contribution in [-0.4, -0.2) is 144 Å². The second-order valence-electron chi connectivity index (χ2n) is 20.2. The maximum atomic E-state index is 14.4. The lowest BCUT2D eigenvalue weighted by molar-refractivity contribution is -0.121. The lowest BCUT2D eigenvalue weighted by atomic mass is 10.1. The number of anilines is 5. The maximum Gasteiger partial charge on any atom is 0.260 e. The number of aliphatic imine (C=N–C) groups is 1. The number of hydrogen-bond acceptors (Lipinski definition) is 14. The Hall–Kier alpha value is -7.34. The molecular formula is C61H75N7O10. The average molecular weight is 1070 g/mol. The highest BCUT2D eigenvalue weighted by Crippen LogP contribution is 2.44. The van der Waals surface area contributed by atoms with Gasteiger partial charge in [0.1, 0.15) is 13.2 Å². The maximum absolute atomic E-state index is 14.4. The summed E-state index contributed by atoms with van der Waals surface area (Å²) in [6.45, 7) is 8.25. The van der Waals surface area contributed by atoms with E-state index >= 15 is 0 Å². The molecule has 0 aromatic heterocycles. The van der Waals surface area contributed by atoms with Gasteiger partial charge in [-0.1, -0.05) is 36.4 Å². The largest absolute Gasteiger partial charge is 0.493 e. The molecule has 5 aromatic carbocycles. The van der Waals surface area contributed by atoms with E-state index in [4.69, 9.17) is 33.2 Å². The number of amides is 3. The molecule has 9 rings (SSSR count). The minimum Gasteiger partial charge on any atom is -0.493 e. The zero-order valence-electron chi connectivity index (χ0n) is 46.1. The minimum absolute atomic E-state index is 0.00847. The standard InChI is InChI=1S/C61H75N7O10/c1-7-62-20-12-13-21-63-59(69)19-14-22-66(23-24-75-27-28-76-26-25-72-4)46-30-42(40-77-57-36-53-49(34-55(57)73-5)60(70)67-47(38-64(53)2)32-44-15-8-10-17-51(44)67)29-43(31-46)41-78-58-37-54-50(35-56(58)74-6)61(71)68-48(39-65(54)3)33-45-16-9-11-18-52(45)68/h7-11,15-18,29-31,34-37,47-48H,12-14,19-28,32-33,38-41H2,1-6H3,(H,63,69)/t47-,48-/m0/s1. The van der Waals surface area contributed by atoms with Crippen molar-refractivity contribution >= 4 is 52.4 Å². The zero-order valence-corrected chi connectivity index (χ0v) is 46.1. The molecule has 17 heteroatoms. The number of rotatable bonds is 27. The summed E-state index contributed by atoms with van der Waals surface area (Å²) in [5.41, 5.74) is 9.46. The van der Waals surface area contributed by atoms with Crippen molar-refractivity contribution < 1.29 is 47.5 Å². The molecule has 17 nitrogen and oxygen atoms in total. The molecule has 4 aliphatic heterocycles. The molecule has 2 atom stereocenters. The number of carbonyl (C=O) groups excluding carboxylic acids is 3. The minimum atomic E-state index is -0.0697. The van der Waals surface area contributed by atoms with Gasteiger partial charge >= 0.3 is 0 Å². The number of benzene rings is 5. The van der Waals surface area contributed by atoms with Gasteiger partial charge in [0.2, 0.25) is 5.91 Å². The number of methoxy groups -OCH3 is 3. The van der Waals surface area contributed by atoms with Crippen LogP contribution in [0.4, 0.5) is 28.4 Å². The molecule has 5 aromatic rings. The monoisotopic (exact) mass is 1070 g/mol. The molecule has 0 unspecified atom stereocenters. The third-order valence-electron chi connectivity index (χ3n) is 14.9. The van der Waals surface area contributed by atoms with Crippen LogP contribution < -0.4 is 48.8 Å². The number of nitrogens with zero attached hydrogens (tertiary/aromatic N) is 6. The predicted octanol–water partition coefficient (Wildman–Crippen LogP) is 8.16. The summed E-state index contributed by atoms with van der Waals surface area (Å²) < 4.78 is 42.2. The average Bonchev–Trinajstić information content (AvgIpc) is 4.21. The lowest BCUT2D eigenvalue weighted by Crippen LogP contribution is -2.41. The van der Waals surface area contributed by atoms with E-state index < -0.39 is 0 Å². The van der Waals surface area contributed by atoms with E-state index in [0.29, 0.717) is 113 Å². The lowest BCUT2D eigenvalue weighted by Gasteiger charge is -2.27. The Morgan fingerprint density at radius 2 is 1.18 bits per heavy atom. The summed E-state index contributed by atoms with van der Waals surface area (Å²) >= 11 is 0. The van der Waals surface area contributed by atoms with Gasteiger partial charge in [0.25, 0.3) is 11.8 Å². The van der Waals surface area contributed by atoms with Crippen LogP contribution in [0.2, 0.25) is 0 Å². The Morgan fingerprint density at radius 1 is 0.641 bits per heavy atom. The van der Waals surface area contributed by atoms with Crippen LogP contribution in [-0.2, 0) is 45.1 Å². The van der Waals surface area contributed by atoms with Crippen molar-refractivity contribution in [1.82, 2.24) is 5.32 Å². The smallest absolute Gasteiger partial charge is 0.260 e. The Labute approximate surface area is 458 Å². The van der Waals surface area contributed by atoms with Gasteiger partial charge in [0, 0.05) is 96.1 Å². The molecule has 0 spiro atoms. The summed E-state index contributed by atoms with van der Waals surface area (Å²) in [5.74, 6) is 1.76. The number of fused-ring (bicyclic) bond motifs is 8. The van der Waals surface area contributed by atoms with Crippen LogP contribution >= 0.6 is 0 Å². The molecular weight excluding hydrogens is 991 g/mol. The third-order valence-corrected chi connectivity index (χ3v) is 14.9. The fraction of sp³-hybridized carbons (Fsp3) is 0.443. The van der Waals surface area contributed by atoms with E-state index in [0.717, 1.165) is 71.8 Å². The van der Waals surface area contributed by atoms with Gasteiger partial charge in [-0.2, -0.15) is 0 Å². The molecule has 78 heavy (non-hydrogen) atoms. The van der Waals surface area contributed by atoms with E-state index in [2.05, 4.69) is 55.3 Å². The molecule has 0 radical (unpaired) electrons. The van der Waals surface area contributed by atoms with Crippen molar-refractivity contribution in [2.24, 2.45) is 4.99 Å².